The zero-order valence-electron chi connectivity index (χ0n) is 21.5. The van der Waals surface area contributed by atoms with Crippen molar-refractivity contribution in [2.75, 3.05) is 32.5 Å². The third-order valence-corrected chi connectivity index (χ3v) is 8.25. The molecule has 10 nitrogen and oxygen atoms in total. The van der Waals surface area contributed by atoms with Crippen LogP contribution in [0.2, 0.25) is 0 Å². The quantitative estimate of drug-likeness (QED) is 0.265. The molecule has 6 rings (SSSR count). The molecule has 1 unspecified atom stereocenters. The SMILES string of the molecule is CC(c1cc2ccccn2c1-c1ccc(OCCC2CCN(C)CC2)nn1)n1nc(I)c2c(N)ncnc21. The van der Waals surface area contributed by atoms with E-state index in [0.717, 1.165) is 43.9 Å². The Morgan fingerprint density at radius 2 is 1.97 bits per heavy atom. The minimum Gasteiger partial charge on any atom is -0.477 e. The van der Waals surface area contributed by atoms with Crippen LogP contribution in [0.15, 0.2) is 48.9 Å². The van der Waals surface area contributed by atoms with Gasteiger partial charge in [-0.25, -0.2) is 14.6 Å². The van der Waals surface area contributed by atoms with Crippen LogP contribution in [0.3, 0.4) is 0 Å². The fourth-order valence-electron chi connectivity index (χ4n) is 5.29. The number of hydrogen-bond donors (Lipinski definition) is 1. The van der Waals surface area contributed by atoms with Crippen molar-refractivity contribution < 1.29 is 4.74 Å². The van der Waals surface area contributed by atoms with Gasteiger partial charge in [0.15, 0.2) is 5.65 Å². The molecule has 0 aliphatic carbocycles. The molecule has 1 aliphatic heterocycles. The van der Waals surface area contributed by atoms with Gasteiger partial charge in [-0.2, -0.15) is 5.10 Å². The highest BCUT2D eigenvalue weighted by Gasteiger charge is 2.24. The van der Waals surface area contributed by atoms with Gasteiger partial charge in [-0.15, -0.1) is 10.2 Å². The largest absolute Gasteiger partial charge is 0.477 e. The minimum atomic E-state index is -0.141. The summed E-state index contributed by atoms with van der Waals surface area (Å²) in [5.74, 6) is 1.70. The summed E-state index contributed by atoms with van der Waals surface area (Å²) in [6.07, 6.45) is 7.03. The predicted molar refractivity (Wildman–Crippen MR) is 155 cm³/mol. The molecule has 0 amide bonds. The second-order valence-corrected chi connectivity index (χ2v) is 11.0. The Labute approximate surface area is 234 Å². The van der Waals surface area contributed by atoms with Crippen LogP contribution in [0, 0.1) is 9.62 Å². The van der Waals surface area contributed by atoms with Gasteiger partial charge in [0, 0.05) is 23.3 Å². The lowest BCUT2D eigenvalue weighted by Gasteiger charge is -2.28. The van der Waals surface area contributed by atoms with Crippen LogP contribution in [-0.2, 0) is 0 Å². The molecule has 0 spiro atoms. The van der Waals surface area contributed by atoms with E-state index in [1.807, 2.05) is 35.1 Å². The van der Waals surface area contributed by atoms with Crippen LogP contribution >= 0.6 is 22.6 Å². The molecule has 2 N–H and O–H groups in total. The van der Waals surface area contributed by atoms with E-state index in [2.05, 4.69) is 78.2 Å². The van der Waals surface area contributed by atoms with Gasteiger partial charge in [-0.1, -0.05) is 6.07 Å². The molecule has 0 radical (unpaired) electrons. The monoisotopic (exact) mass is 623 g/mol. The van der Waals surface area contributed by atoms with E-state index in [1.54, 1.807) is 0 Å². The molecule has 196 valence electrons. The fourth-order valence-corrected chi connectivity index (χ4v) is 6.04. The average Bonchev–Trinajstić information content (AvgIpc) is 3.49. The van der Waals surface area contributed by atoms with Gasteiger partial charge in [0.05, 0.1) is 23.7 Å². The van der Waals surface area contributed by atoms with Crippen LogP contribution in [0.4, 0.5) is 5.82 Å². The maximum atomic E-state index is 6.14. The molecule has 11 heteroatoms. The van der Waals surface area contributed by atoms with Crippen LogP contribution in [0.25, 0.3) is 27.9 Å². The molecule has 38 heavy (non-hydrogen) atoms. The molecular formula is C27H30IN9O. The van der Waals surface area contributed by atoms with Gasteiger partial charge in [-0.3, -0.25) is 0 Å². The number of ether oxygens (including phenoxy) is 1. The summed E-state index contributed by atoms with van der Waals surface area (Å²) in [5.41, 5.74) is 10.7. The number of halogens is 1. The third-order valence-electron chi connectivity index (χ3n) is 7.50. The summed E-state index contributed by atoms with van der Waals surface area (Å²) < 4.78 is 10.8. The minimum absolute atomic E-state index is 0.141. The molecule has 1 saturated heterocycles. The van der Waals surface area contributed by atoms with Crippen molar-refractivity contribution in [2.45, 2.75) is 32.2 Å². The van der Waals surface area contributed by atoms with Crippen molar-refractivity contribution in [2.24, 2.45) is 5.92 Å². The maximum absolute atomic E-state index is 6.14. The Balaban J connectivity index is 1.29. The lowest BCUT2D eigenvalue weighted by Crippen LogP contribution is -2.30. The standard InChI is InChI=1S/C27H30IN9O/c1-17(37-27-23(25(28)34-37)26(29)30-16-31-27)20-15-19-5-3-4-11-36(19)24(20)21-6-7-22(33-32-21)38-14-10-18-8-12-35(2)13-9-18/h3-7,11,15-18H,8-10,12-14H2,1-2H3,(H2,29,30,31). The van der Waals surface area contributed by atoms with E-state index in [4.69, 9.17) is 15.6 Å². The molecule has 1 atom stereocenters. The summed E-state index contributed by atoms with van der Waals surface area (Å²) in [5, 5.41) is 14.6. The van der Waals surface area contributed by atoms with E-state index in [-0.39, 0.29) is 6.04 Å². The summed E-state index contributed by atoms with van der Waals surface area (Å²) in [7, 11) is 2.19. The first-order valence-electron chi connectivity index (χ1n) is 12.9. The van der Waals surface area contributed by atoms with Gasteiger partial charge >= 0.3 is 0 Å². The van der Waals surface area contributed by atoms with Gasteiger partial charge in [-0.05, 0) is 99.1 Å². The third kappa shape index (κ3) is 4.68. The number of likely N-dealkylation sites (tertiary alicyclic amines) is 1. The summed E-state index contributed by atoms with van der Waals surface area (Å²) in [4.78, 5) is 11.0. The molecule has 0 saturated carbocycles. The molecule has 5 aromatic heterocycles. The van der Waals surface area contributed by atoms with Gasteiger partial charge < -0.3 is 19.8 Å². The highest BCUT2D eigenvalue weighted by molar-refractivity contribution is 14.1. The molecule has 1 aliphatic rings. The topological polar surface area (TPSA) is 112 Å². The first-order valence-corrected chi connectivity index (χ1v) is 14.0. The van der Waals surface area contributed by atoms with Crippen molar-refractivity contribution in [1.29, 1.82) is 0 Å². The molecular weight excluding hydrogens is 593 g/mol. The Kier molecular flexibility index (Phi) is 6.87. The molecule has 6 heterocycles. The second kappa shape index (κ2) is 10.4. The Bertz CT molecular complexity index is 1570. The number of anilines is 1. The zero-order chi connectivity index (χ0) is 26.2. The lowest BCUT2D eigenvalue weighted by molar-refractivity contribution is 0.185. The van der Waals surface area contributed by atoms with E-state index < -0.39 is 0 Å². The first kappa shape index (κ1) is 25.0. The van der Waals surface area contributed by atoms with Crippen LogP contribution in [-0.4, -0.2) is 66.0 Å². The normalized spacial score (nSPS) is 15.9. The molecule has 0 bridgehead atoms. The van der Waals surface area contributed by atoms with E-state index in [0.29, 0.717) is 24.0 Å². The van der Waals surface area contributed by atoms with Gasteiger partial charge in [0.2, 0.25) is 5.88 Å². The number of nitrogen functional groups attached to an aromatic ring is 1. The maximum Gasteiger partial charge on any atom is 0.233 e. The van der Waals surface area contributed by atoms with E-state index in [1.165, 1.54) is 32.3 Å². The Morgan fingerprint density at radius 1 is 1.13 bits per heavy atom. The van der Waals surface area contributed by atoms with Crippen molar-refractivity contribution in [3.63, 3.8) is 0 Å². The smallest absolute Gasteiger partial charge is 0.233 e. The van der Waals surface area contributed by atoms with Crippen molar-refractivity contribution in [1.82, 2.24) is 39.2 Å². The van der Waals surface area contributed by atoms with E-state index in [9.17, 15) is 0 Å². The lowest BCUT2D eigenvalue weighted by atomic mass is 9.94. The van der Waals surface area contributed by atoms with Crippen LogP contribution < -0.4 is 10.5 Å². The predicted octanol–water partition coefficient (Wildman–Crippen LogP) is 4.44. The van der Waals surface area contributed by atoms with Crippen LogP contribution in [0.5, 0.6) is 5.88 Å². The van der Waals surface area contributed by atoms with Crippen LogP contribution in [0.1, 0.15) is 37.8 Å². The van der Waals surface area contributed by atoms with Gasteiger partial charge in [0.1, 0.15) is 21.5 Å². The highest BCUT2D eigenvalue weighted by Crippen LogP contribution is 2.35. The Hall–Kier alpha value is -3.32. The number of aromatic nitrogens is 7. The number of nitrogens with two attached hydrogens (primary N) is 1. The number of rotatable bonds is 7. The summed E-state index contributed by atoms with van der Waals surface area (Å²) >= 11 is 2.19. The highest BCUT2D eigenvalue weighted by atomic mass is 127. The second-order valence-electron chi connectivity index (χ2n) is 9.95. The zero-order valence-corrected chi connectivity index (χ0v) is 23.6. The number of fused-ring (bicyclic) bond motifs is 2. The number of nitrogens with zero attached hydrogens (tertiary/aromatic N) is 8. The van der Waals surface area contributed by atoms with Crippen molar-refractivity contribution in [3.05, 3.63) is 58.2 Å². The summed E-state index contributed by atoms with van der Waals surface area (Å²) in [6.45, 7) is 5.10. The number of hydrogen-bond acceptors (Lipinski definition) is 8. The molecule has 0 aromatic carbocycles. The van der Waals surface area contributed by atoms with E-state index >= 15 is 0 Å². The number of piperidine rings is 1. The molecule has 1 fully saturated rings. The number of pyridine rings is 1. The average molecular weight is 624 g/mol. The van der Waals surface area contributed by atoms with Gasteiger partial charge in [0.25, 0.3) is 0 Å². The van der Waals surface area contributed by atoms with Crippen molar-refractivity contribution >= 4 is 45.0 Å². The summed E-state index contributed by atoms with van der Waals surface area (Å²) in [6, 6.07) is 12.0. The molecule has 5 aromatic rings. The Morgan fingerprint density at radius 3 is 2.76 bits per heavy atom. The van der Waals surface area contributed by atoms with Crippen molar-refractivity contribution in [3.8, 4) is 17.3 Å². The first-order chi connectivity index (χ1) is 18.5. The fraction of sp³-hybridized carbons (Fsp3) is 0.370.